The summed E-state index contributed by atoms with van der Waals surface area (Å²) in [7, 11) is 0. The molecule has 0 saturated heterocycles. The molecule has 0 radical (unpaired) electrons. The van der Waals surface area contributed by atoms with Crippen LogP contribution in [-0.2, 0) is 0 Å². The highest BCUT2D eigenvalue weighted by Gasteiger charge is 2.28. The Kier molecular flexibility index (Phi) is 2.51. The molecule has 14 heavy (non-hydrogen) atoms. The summed E-state index contributed by atoms with van der Waals surface area (Å²) in [4.78, 5) is 1.79. The predicted molar refractivity (Wildman–Crippen MR) is 56.6 cm³/mol. The summed E-state index contributed by atoms with van der Waals surface area (Å²) in [5.41, 5.74) is 5.58. The third-order valence-corrected chi connectivity index (χ3v) is 3.86. The number of aliphatic hydroxyl groups is 1. The molecule has 3 nitrogen and oxygen atoms in total. The van der Waals surface area contributed by atoms with Crippen LogP contribution < -0.4 is 5.73 Å². The zero-order valence-corrected chi connectivity index (χ0v) is 8.92. The Morgan fingerprint density at radius 1 is 1.57 bits per heavy atom. The first kappa shape index (κ1) is 9.96. The second-order valence-electron chi connectivity index (χ2n) is 3.98. The molecule has 1 saturated carbocycles. The molecule has 0 aromatic carbocycles. The van der Waals surface area contributed by atoms with Crippen LogP contribution in [0.25, 0.3) is 0 Å². The van der Waals surface area contributed by atoms with Gasteiger partial charge in [-0.2, -0.15) is 0 Å². The van der Waals surface area contributed by atoms with Crippen LogP contribution in [0.1, 0.15) is 41.5 Å². The Balaban J connectivity index is 2.23. The summed E-state index contributed by atoms with van der Waals surface area (Å²) >= 11 is 1.49. The maximum Gasteiger partial charge on any atom is 0.132 e. The highest BCUT2D eigenvalue weighted by Crippen LogP contribution is 2.47. The third kappa shape index (κ3) is 1.78. The quantitative estimate of drug-likeness (QED) is 0.716. The van der Waals surface area contributed by atoms with Gasteiger partial charge >= 0.3 is 0 Å². The fourth-order valence-corrected chi connectivity index (χ4v) is 2.76. The summed E-state index contributed by atoms with van der Waals surface area (Å²) in [5, 5.41) is 19.3. The first-order valence-corrected chi connectivity index (χ1v) is 5.67. The lowest BCUT2D eigenvalue weighted by molar-refractivity contribution is 0.154. The first-order valence-electron chi connectivity index (χ1n) is 4.86. The van der Waals surface area contributed by atoms with Crippen LogP contribution in [0.3, 0.4) is 0 Å². The number of thiophene rings is 1. The third-order valence-electron chi connectivity index (χ3n) is 2.51. The van der Waals surface area contributed by atoms with Gasteiger partial charge in [0.2, 0.25) is 0 Å². The summed E-state index contributed by atoms with van der Waals surface area (Å²) in [6.45, 7) is 1.74. The number of hydrogen-bond acceptors (Lipinski definition) is 4. The first-order chi connectivity index (χ1) is 6.59. The van der Waals surface area contributed by atoms with E-state index in [2.05, 4.69) is 0 Å². The summed E-state index contributed by atoms with van der Waals surface area (Å²) in [6, 6.07) is 1.43. The van der Waals surface area contributed by atoms with Gasteiger partial charge in [0.1, 0.15) is 11.9 Å². The van der Waals surface area contributed by atoms with Crippen molar-refractivity contribution in [2.24, 2.45) is 5.73 Å². The molecule has 2 rings (SSSR count). The maximum absolute atomic E-state index is 9.72. The van der Waals surface area contributed by atoms with Gasteiger partial charge in [-0.1, -0.05) is 0 Å². The fraction of sp³-hybridized carbons (Fsp3) is 0.600. The van der Waals surface area contributed by atoms with E-state index in [1.165, 1.54) is 29.1 Å². The number of hydrogen-bond donors (Lipinski definition) is 3. The standard InChI is InChI=1S/C10H15NO2S/c1-5(11)9(13)10-7(12)4-8(14-10)6-2-3-6/h4-6,9,12-13H,2-3,11H2,1H3. The molecular formula is C10H15NO2S. The minimum absolute atomic E-state index is 0.196. The van der Waals surface area contributed by atoms with E-state index in [-0.39, 0.29) is 11.8 Å². The van der Waals surface area contributed by atoms with Gasteiger partial charge in [-0.25, -0.2) is 0 Å². The normalized spacial score (nSPS) is 20.8. The van der Waals surface area contributed by atoms with Gasteiger partial charge in [0.05, 0.1) is 4.88 Å². The van der Waals surface area contributed by atoms with Crippen molar-refractivity contribution in [3.05, 3.63) is 15.8 Å². The maximum atomic E-state index is 9.72. The number of nitrogens with two attached hydrogens (primary N) is 1. The van der Waals surface area contributed by atoms with Crippen molar-refractivity contribution in [1.82, 2.24) is 0 Å². The molecule has 1 aromatic heterocycles. The molecule has 2 atom stereocenters. The molecule has 1 aromatic rings. The average Bonchev–Trinajstić information content (AvgIpc) is 2.89. The molecule has 0 aliphatic heterocycles. The molecule has 4 heteroatoms. The molecule has 1 aliphatic carbocycles. The average molecular weight is 213 g/mol. The number of aromatic hydroxyl groups is 1. The van der Waals surface area contributed by atoms with Gasteiger partial charge in [-0.3, -0.25) is 0 Å². The molecule has 0 amide bonds. The highest BCUT2D eigenvalue weighted by molar-refractivity contribution is 7.12. The van der Waals surface area contributed by atoms with Gasteiger partial charge in [-0.15, -0.1) is 11.3 Å². The molecule has 0 bridgehead atoms. The zero-order valence-electron chi connectivity index (χ0n) is 8.10. The van der Waals surface area contributed by atoms with Crippen LogP contribution in [0.15, 0.2) is 6.07 Å². The van der Waals surface area contributed by atoms with Crippen molar-refractivity contribution in [3.8, 4) is 5.75 Å². The highest BCUT2D eigenvalue weighted by atomic mass is 32.1. The van der Waals surface area contributed by atoms with Crippen molar-refractivity contribution in [2.45, 2.75) is 37.8 Å². The summed E-state index contributed by atoms with van der Waals surface area (Å²) in [5.74, 6) is 0.807. The molecule has 78 valence electrons. The summed E-state index contributed by atoms with van der Waals surface area (Å²) in [6.07, 6.45) is 1.66. The number of rotatable bonds is 3. The number of aliphatic hydroxyl groups excluding tert-OH is 1. The van der Waals surface area contributed by atoms with Crippen molar-refractivity contribution in [1.29, 1.82) is 0 Å². The van der Waals surface area contributed by atoms with Crippen LogP contribution in [-0.4, -0.2) is 16.3 Å². The Hall–Kier alpha value is -0.580. The van der Waals surface area contributed by atoms with E-state index >= 15 is 0 Å². The zero-order chi connectivity index (χ0) is 10.3. The van der Waals surface area contributed by atoms with Crippen LogP contribution in [0, 0.1) is 0 Å². The van der Waals surface area contributed by atoms with Crippen LogP contribution in [0.5, 0.6) is 5.75 Å². The van der Waals surface area contributed by atoms with Gasteiger partial charge < -0.3 is 15.9 Å². The molecule has 4 N–H and O–H groups in total. The molecule has 0 spiro atoms. The Morgan fingerprint density at radius 2 is 2.21 bits per heavy atom. The largest absolute Gasteiger partial charge is 0.507 e. The topological polar surface area (TPSA) is 66.5 Å². The van der Waals surface area contributed by atoms with Gasteiger partial charge in [0.25, 0.3) is 0 Å². The molecule has 2 unspecified atom stereocenters. The molecular weight excluding hydrogens is 198 g/mol. The van der Waals surface area contributed by atoms with Gasteiger partial charge in [-0.05, 0) is 31.7 Å². The second kappa shape index (κ2) is 3.53. The van der Waals surface area contributed by atoms with E-state index < -0.39 is 6.10 Å². The van der Waals surface area contributed by atoms with Crippen LogP contribution in [0.4, 0.5) is 0 Å². The Bertz CT molecular complexity index is 331. The monoisotopic (exact) mass is 213 g/mol. The van der Waals surface area contributed by atoms with Crippen molar-refractivity contribution in [2.75, 3.05) is 0 Å². The van der Waals surface area contributed by atoms with Gasteiger partial charge in [0.15, 0.2) is 0 Å². The van der Waals surface area contributed by atoms with E-state index in [9.17, 15) is 10.2 Å². The molecule has 1 aliphatic rings. The lowest BCUT2D eigenvalue weighted by Crippen LogP contribution is -2.23. The second-order valence-corrected chi connectivity index (χ2v) is 5.09. The van der Waals surface area contributed by atoms with E-state index in [0.717, 1.165) is 0 Å². The van der Waals surface area contributed by atoms with E-state index in [0.29, 0.717) is 10.8 Å². The molecule has 1 fully saturated rings. The lowest BCUT2D eigenvalue weighted by atomic mass is 10.1. The lowest BCUT2D eigenvalue weighted by Gasteiger charge is -2.12. The van der Waals surface area contributed by atoms with Gasteiger partial charge in [0, 0.05) is 10.9 Å². The predicted octanol–water partition coefficient (Wildman–Crippen LogP) is 1.71. The Morgan fingerprint density at radius 3 is 2.71 bits per heavy atom. The summed E-state index contributed by atoms with van der Waals surface area (Å²) < 4.78 is 0. The molecule has 1 heterocycles. The fourth-order valence-electron chi connectivity index (χ4n) is 1.43. The Labute approximate surface area is 87.2 Å². The minimum atomic E-state index is -0.743. The van der Waals surface area contributed by atoms with Crippen molar-refractivity contribution in [3.63, 3.8) is 0 Å². The van der Waals surface area contributed by atoms with Crippen molar-refractivity contribution >= 4 is 11.3 Å². The van der Waals surface area contributed by atoms with E-state index in [1.54, 1.807) is 13.0 Å². The van der Waals surface area contributed by atoms with Crippen LogP contribution in [0.2, 0.25) is 0 Å². The SMILES string of the molecule is CC(N)C(O)c1sc(C2CC2)cc1O. The van der Waals surface area contributed by atoms with E-state index in [1.807, 2.05) is 0 Å². The van der Waals surface area contributed by atoms with Crippen molar-refractivity contribution < 1.29 is 10.2 Å². The minimum Gasteiger partial charge on any atom is -0.507 e. The van der Waals surface area contributed by atoms with Crippen LogP contribution >= 0.6 is 11.3 Å². The smallest absolute Gasteiger partial charge is 0.132 e. The van der Waals surface area contributed by atoms with E-state index in [4.69, 9.17) is 5.73 Å².